The molecule has 1 unspecified atom stereocenters. The van der Waals surface area contributed by atoms with Gasteiger partial charge in [0.05, 0.1) is 6.54 Å². The second-order valence-corrected chi connectivity index (χ2v) is 7.00. The first kappa shape index (κ1) is 17.0. The molecule has 136 valence electrons. The first-order chi connectivity index (χ1) is 12.8. The number of aryl methyl sites for hydroxylation is 2. The van der Waals surface area contributed by atoms with Gasteiger partial charge in [0.25, 0.3) is 0 Å². The van der Waals surface area contributed by atoms with Crippen molar-refractivity contribution in [1.29, 1.82) is 0 Å². The van der Waals surface area contributed by atoms with Gasteiger partial charge < -0.3 is 9.09 Å². The maximum atomic E-state index is 5.60. The van der Waals surface area contributed by atoms with E-state index in [0.717, 1.165) is 48.9 Å². The fourth-order valence-corrected chi connectivity index (χ4v) is 3.76. The van der Waals surface area contributed by atoms with Gasteiger partial charge in [0.2, 0.25) is 0 Å². The van der Waals surface area contributed by atoms with Crippen LogP contribution < -0.4 is 0 Å². The molecule has 1 saturated heterocycles. The van der Waals surface area contributed by atoms with Crippen molar-refractivity contribution in [2.75, 3.05) is 6.54 Å². The molecule has 0 aromatic carbocycles. The Bertz CT molecular complexity index is 826. The van der Waals surface area contributed by atoms with Gasteiger partial charge in [-0.15, -0.1) is 0 Å². The monoisotopic (exact) mass is 351 g/mol. The fourth-order valence-electron chi connectivity index (χ4n) is 3.76. The Hall–Kier alpha value is -2.47. The number of likely N-dealkylation sites (tertiary alicyclic amines) is 1. The average Bonchev–Trinajstić information content (AvgIpc) is 3.31. The largest absolute Gasteiger partial charge is 0.359 e. The van der Waals surface area contributed by atoms with Crippen LogP contribution in [-0.2, 0) is 13.1 Å². The summed E-state index contributed by atoms with van der Waals surface area (Å²) in [5.74, 6) is 2.01. The third-order valence-electron chi connectivity index (χ3n) is 5.25. The minimum absolute atomic E-state index is 0.581. The highest BCUT2D eigenvalue weighted by Crippen LogP contribution is 2.24. The van der Waals surface area contributed by atoms with E-state index in [1.54, 1.807) is 6.20 Å². The summed E-state index contributed by atoms with van der Waals surface area (Å²) < 4.78 is 7.84. The Balaban J connectivity index is 1.40. The first-order valence-electron chi connectivity index (χ1n) is 9.37. The van der Waals surface area contributed by atoms with E-state index in [-0.39, 0.29) is 0 Å². The van der Waals surface area contributed by atoms with Gasteiger partial charge in [-0.05, 0) is 44.9 Å². The number of piperidine rings is 1. The van der Waals surface area contributed by atoms with Gasteiger partial charge in [-0.25, -0.2) is 4.98 Å². The Labute approximate surface area is 153 Å². The Morgan fingerprint density at radius 1 is 1.27 bits per heavy atom. The van der Waals surface area contributed by atoms with Crippen molar-refractivity contribution in [2.45, 2.75) is 51.7 Å². The smallest absolute Gasteiger partial charge is 0.151 e. The van der Waals surface area contributed by atoms with E-state index in [4.69, 9.17) is 4.52 Å². The summed E-state index contributed by atoms with van der Waals surface area (Å²) >= 11 is 0. The maximum Gasteiger partial charge on any atom is 0.151 e. The third kappa shape index (κ3) is 3.85. The van der Waals surface area contributed by atoms with Crippen molar-refractivity contribution >= 4 is 0 Å². The lowest BCUT2D eigenvalue weighted by molar-refractivity contribution is 0.116. The molecule has 0 spiro atoms. The molecule has 3 aromatic heterocycles. The first-order valence-corrected chi connectivity index (χ1v) is 9.37. The van der Waals surface area contributed by atoms with Crippen LogP contribution in [0.1, 0.15) is 37.3 Å². The summed E-state index contributed by atoms with van der Waals surface area (Å²) in [5, 5.41) is 4.22. The van der Waals surface area contributed by atoms with E-state index >= 15 is 0 Å². The molecule has 1 fully saturated rings. The molecule has 0 saturated carbocycles. The molecule has 0 amide bonds. The highest BCUT2D eigenvalue weighted by molar-refractivity contribution is 5.57. The number of hydrogen-bond acceptors (Lipinski definition) is 5. The second kappa shape index (κ2) is 7.83. The van der Waals surface area contributed by atoms with E-state index in [9.17, 15) is 0 Å². The van der Waals surface area contributed by atoms with Crippen molar-refractivity contribution in [1.82, 2.24) is 24.6 Å². The minimum Gasteiger partial charge on any atom is -0.359 e. The van der Waals surface area contributed by atoms with Gasteiger partial charge >= 0.3 is 0 Å². The van der Waals surface area contributed by atoms with Crippen LogP contribution in [-0.4, -0.2) is 37.2 Å². The van der Waals surface area contributed by atoms with Crippen LogP contribution in [0.15, 0.2) is 47.5 Å². The summed E-state index contributed by atoms with van der Waals surface area (Å²) in [4.78, 5) is 11.0. The quantitative estimate of drug-likeness (QED) is 0.678. The minimum atomic E-state index is 0.581. The molecule has 0 aliphatic carbocycles. The number of nitrogens with zero attached hydrogens (tertiary/aromatic N) is 5. The molecule has 1 aliphatic rings. The Kier molecular flexibility index (Phi) is 5.11. The van der Waals surface area contributed by atoms with E-state index < -0.39 is 0 Å². The van der Waals surface area contributed by atoms with Gasteiger partial charge in [-0.1, -0.05) is 11.6 Å². The Morgan fingerprint density at radius 3 is 3.04 bits per heavy atom. The molecule has 6 heteroatoms. The van der Waals surface area contributed by atoms with Crippen LogP contribution in [0, 0.1) is 6.92 Å². The normalized spacial score (nSPS) is 18.3. The van der Waals surface area contributed by atoms with Crippen LogP contribution in [0.3, 0.4) is 0 Å². The summed E-state index contributed by atoms with van der Waals surface area (Å²) in [6.45, 7) is 5.02. The van der Waals surface area contributed by atoms with Crippen LogP contribution in [0.2, 0.25) is 0 Å². The predicted molar refractivity (Wildman–Crippen MR) is 99.4 cm³/mol. The third-order valence-corrected chi connectivity index (χ3v) is 5.25. The van der Waals surface area contributed by atoms with Gasteiger partial charge in [0.1, 0.15) is 11.5 Å². The summed E-state index contributed by atoms with van der Waals surface area (Å²) in [6, 6.07) is 6.55. The zero-order chi connectivity index (χ0) is 17.8. The van der Waals surface area contributed by atoms with Crippen molar-refractivity contribution in [3.8, 4) is 11.3 Å². The van der Waals surface area contributed by atoms with Crippen molar-refractivity contribution < 1.29 is 4.52 Å². The van der Waals surface area contributed by atoms with Crippen molar-refractivity contribution in [3.63, 3.8) is 0 Å². The molecule has 6 nitrogen and oxygen atoms in total. The molecule has 0 bridgehead atoms. The van der Waals surface area contributed by atoms with Gasteiger partial charge in [-0.3, -0.25) is 9.88 Å². The zero-order valence-electron chi connectivity index (χ0n) is 15.2. The average molecular weight is 351 g/mol. The number of aromatic nitrogens is 4. The predicted octanol–water partition coefficient (Wildman–Crippen LogP) is 3.69. The highest BCUT2D eigenvalue weighted by atomic mass is 16.5. The Morgan fingerprint density at radius 2 is 2.23 bits per heavy atom. The molecule has 26 heavy (non-hydrogen) atoms. The lowest BCUT2D eigenvalue weighted by Crippen LogP contribution is -2.39. The molecular weight excluding hydrogens is 326 g/mol. The second-order valence-electron chi connectivity index (χ2n) is 7.00. The van der Waals surface area contributed by atoms with E-state index in [1.807, 2.05) is 30.6 Å². The zero-order valence-corrected chi connectivity index (χ0v) is 15.2. The fraction of sp³-hybridized carbons (Fsp3) is 0.450. The van der Waals surface area contributed by atoms with E-state index in [0.29, 0.717) is 6.04 Å². The molecule has 1 atom stereocenters. The van der Waals surface area contributed by atoms with Gasteiger partial charge in [0, 0.05) is 49.0 Å². The molecule has 3 aromatic rings. The van der Waals surface area contributed by atoms with Gasteiger partial charge in [-0.2, -0.15) is 0 Å². The lowest BCUT2D eigenvalue weighted by atomic mass is 9.99. The standard InChI is InChI=1S/C20H25N5O/c1-16-22-9-12-24(16)11-7-18-6-2-3-10-25(18)15-19-13-20(23-26-19)17-5-4-8-21-14-17/h4-5,8-9,12-14,18H,2-3,6-7,10-11,15H2,1H3. The number of rotatable bonds is 6. The molecule has 0 N–H and O–H groups in total. The van der Waals surface area contributed by atoms with Crippen molar-refractivity contribution in [2.24, 2.45) is 0 Å². The van der Waals surface area contributed by atoms with Crippen LogP contribution in [0.5, 0.6) is 0 Å². The highest BCUT2D eigenvalue weighted by Gasteiger charge is 2.24. The number of hydrogen-bond donors (Lipinski definition) is 0. The van der Waals surface area contributed by atoms with Crippen LogP contribution in [0.4, 0.5) is 0 Å². The maximum absolute atomic E-state index is 5.60. The topological polar surface area (TPSA) is 60.0 Å². The van der Waals surface area contributed by atoms with Crippen LogP contribution in [0.25, 0.3) is 11.3 Å². The SMILES string of the molecule is Cc1nccn1CCC1CCCCN1Cc1cc(-c2cccnc2)no1. The summed E-state index contributed by atoms with van der Waals surface area (Å²) in [5.41, 5.74) is 1.85. The molecule has 1 aliphatic heterocycles. The van der Waals surface area contributed by atoms with Crippen LogP contribution >= 0.6 is 0 Å². The molecule has 0 radical (unpaired) electrons. The summed E-state index contributed by atoms with van der Waals surface area (Å²) in [7, 11) is 0. The van der Waals surface area contributed by atoms with Crippen molar-refractivity contribution in [3.05, 3.63) is 54.6 Å². The van der Waals surface area contributed by atoms with E-state index in [1.165, 1.54) is 19.3 Å². The van der Waals surface area contributed by atoms with E-state index in [2.05, 4.69) is 37.7 Å². The molecule has 4 rings (SSSR count). The number of pyridine rings is 1. The number of imidazole rings is 1. The lowest BCUT2D eigenvalue weighted by Gasteiger charge is -2.35. The van der Waals surface area contributed by atoms with Gasteiger partial charge in [0.15, 0.2) is 5.76 Å². The molecule has 4 heterocycles. The summed E-state index contributed by atoms with van der Waals surface area (Å²) in [6.07, 6.45) is 12.5. The molecular formula is C20H25N5O.